The summed E-state index contributed by atoms with van der Waals surface area (Å²) in [6, 6.07) is 9.95. The minimum absolute atomic E-state index is 0.0351. The second-order valence-electron chi connectivity index (χ2n) is 10.7. The van der Waals surface area contributed by atoms with Crippen molar-refractivity contribution < 1.29 is 19.1 Å². The van der Waals surface area contributed by atoms with Crippen molar-refractivity contribution in [2.45, 2.75) is 85.3 Å². The van der Waals surface area contributed by atoms with Crippen molar-refractivity contribution in [2.24, 2.45) is 0 Å². The van der Waals surface area contributed by atoms with Gasteiger partial charge in [-0.05, 0) is 58.2 Å². The second-order valence-corrected chi connectivity index (χ2v) is 10.7. The van der Waals surface area contributed by atoms with Gasteiger partial charge in [-0.3, -0.25) is 9.59 Å². The number of ether oxygens (including phenoxy) is 2. The zero-order valence-electron chi connectivity index (χ0n) is 23.0. The summed E-state index contributed by atoms with van der Waals surface area (Å²) in [7, 11) is 0. The SMILES string of the molecule is CC[C@@]1(OC(C)C)C(=O)OCc2c1cc1n(c2=O)Cc2c-1nc1ccccc1c2CCN(C(C)=O)C(C)C. The Morgan fingerprint density at radius 3 is 2.58 bits per heavy atom. The van der Waals surface area contributed by atoms with E-state index in [4.69, 9.17) is 14.5 Å². The number of rotatable bonds is 7. The van der Waals surface area contributed by atoms with E-state index in [1.165, 1.54) is 0 Å². The van der Waals surface area contributed by atoms with Gasteiger partial charge in [-0.2, -0.15) is 0 Å². The molecule has 1 atom stereocenters. The molecule has 5 rings (SSSR count). The van der Waals surface area contributed by atoms with E-state index >= 15 is 0 Å². The van der Waals surface area contributed by atoms with Gasteiger partial charge in [0.25, 0.3) is 5.56 Å². The largest absolute Gasteiger partial charge is 0.458 e. The van der Waals surface area contributed by atoms with E-state index in [9.17, 15) is 14.4 Å². The molecule has 0 spiro atoms. The summed E-state index contributed by atoms with van der Waals surface area (Å²) >= 11 is 0. The summed E-state index contributed by atoms with van der Waals surface area (Å²) in [4.78, 5) is 46.1. The highest BCUT2D eigenvalue weighted by atomic mass is 16.6. The van der Waals surface area contributed by atoms with Gasteiger partial charge in [-0.25, -0.2) is 9.78 Å². The Balaban J connectivity index is 1.71. The first-order valence-corrected chi connectivity index (χ1v) is 13.4. The number of hydrogen-bond acceptors (Lipinski definition) is 6. The summed E-state index contributed by atoms with van der Waals surface area (Å²) in [6.45, 7) is 12.1. The van der Waals surface area contributed by atoms with E-state index in [1.54, 1.807) is 11.5 Å². The molecule has 1 amide bonds. The topological polar surface area (TPSA) is 90.7 Å². The number of amides is 1. The van der Waals surface area contributed by atoms with Gasteiger partial charge in [0, 0.05) is 36.0 Å². The minimum Gasteiger partial charge on any atom is -0.458 e. The summed E-state index contributed by atoms with van der Waals surface area (Å²) in [5, 5.41) is 1.02. The molecule has 8 nitrogen and oxygen atoms in total. The van der Waals surface area contributed by atoms with Crippen molar-refractivity contribution in [2.75, 3.05) is 6.54 Å². The lowest BCUT2D eigenvalue weighted by Crippen LogP contribution is -2.47. The Morgan fingerprint density at radius 2 is 1.92 bits per heavy atom. The van der Waals surface area contributed by atoms with Gasteiger partial charge in [0.05, 0.1) is 35.1 Å². The number of carbonyl (C=O) groups is 2. The molecule has 0 fully saturated rings. The summed E-state index contributed by atoms with van der Waals surface area (Å²) in [5.74, 6) is -0.429. The Kier molecular flexibility index (Phi) is 6.63. The molecule has 0 saturated carbocycles. The molecule has 0 aliphatic carbocycles. The lowest BCUT2D eigenvalue weighted by atomic mass is 9.85. The van der Waals surface area contributed by atoms with Gasteiger partial charge < -0.3 is 18.9 Å². The van der Waals surface area contributed by atoms with E-state index in [0.29, 0.717) is 42.8 Å². The monoisotopic (exact) mass is 517 g/mol. The fraction of sp³-hybridized carbons (Fsp3) is 0.467. The molecule has 0 saturated heterocycles. The smallest absolute Gasteiger partial charge is 0.343 e. The number of aromatic nitrogens is 2. The standard InChI is InChI=1S/C30H35N3O5/c1-7-30(38-18(4)5)24-14-26-27-22(15-33(26)28(35)23(24)16-37-29(30)36)20(12-13-32(17(2)3)19(6)34)21-10-8-9-11-25(21)31-27/h8-11,14,17-18H,7,12-13,15-16H2,1-6H3/t30-/m0/s1. The molecule has 0 radical (unpaired) electrons. The van der Waals surface area contributed by atoms with Crippen molar-refractivity contribution in [3.8, 4) is 11.4 Å². The van der Waals surface area contributed by atoms with Crippen LogP contribution in [0.1, 0.15) is 70.2 Å². The number of hydrogen-bond donors (Lipinski definition) is 0. The third-order valence-corrected chi connectivity index (χ3v) is 7.75. The third-order valence-electron chi connectivity index (χ3n) is 7.75. The number of pyridine rings is 2. The molecule has 1 aromatic carbocycles. The number of nitrogens with zero attached hydrogens (tertiary/aromatic N) is 3. The summed E-state index contributed by atoms with van der Waals surface area (Å²) in [5.41, 5.74) is 3.84. The molecule has 0 bridgehead atoms. The van der Waals surface area contributed by atoms with E-state index in [2.05, 4.69) is 0 Å². The van der Waals surface area contributed by atoms with E-state index in [0.717, 1.165) is 27.7 Å². The van der Waals surface area contributed by atoms with E-state index in [1.807, 2.05) is 69.9 Å². The maximum absolute atomic E-state index is 13.9. The first-order chi connectivity index (χ1) is 18.1. The van der Waals surface area contributed by atoms with Gasteiger partial charge in [-0.15, -0.1) is 0 Å². The van der Waals surface area contributed by atoms with Crippen LogP contribution in [0.4, 0.5) is 0 Å². The molecule has 8 heteroatoms. The fourth-order valence-electron chi connectivity index (χ4n) is 6.00. The summed E-state index contributed by atoms with van der Waals surface area (Å²) in [6.07, 6.45) is 0.748. The average Bonchev–Trinajstić information content (AvgIpc) is 3.23. The van der Waals surface area contributed by atoms with Crippen LogP contribution in [-0.2, 0) is 44.2 Å². The molecule has 3 aromatic rings. The first kappa shape index (κ1) is 26.1. The van der Waals surface area contributed by atoms with Crippen molar-refractivity contribution in [3.63, 3.8) is 0 Å². The number of esters is 1. The van der Waals surface area contributed by atoms with Gasteiger partial charge >= 0.3 is 5.97 Å². The fourth-order valence-corrected chi connectivity index (χ4v) is 6.00. The molecule has 2 aromatic heterocycles. The Hall–Kier alpha value is -3.52. The third kappa shape index (κ3) is 4.02. The highest BCUT2D eigenvalue weighted by molar-refractivity contribution is 5.89. The molecular weight excluding hydrogens is 482 g/mol. The van der Waals surface area contributed by atoms with Crippen molar-refractivity contribution in [1.82, 2.24) is 14.5 Å². The molecule has 4 heterocycles. The van der Waals surface area contributed by atoms with Crippen molar-refractivity contribution >= 4 is 22.8 Å². The van der Waals surface area contributed by atoms with Crippen LogP contribution >= 0.6 is 0 Å². The number of carbonyl (C=O) groups excluding carboxylic acids is 2. The van der Waals surface area contributed by atoms with Crippen LogP contribution in [0.15, 0.2) is 35.1 Å². The highest BCUT2D eigenvalue weighted by Crippen LogP contribution is 2.42. The molecule has 2 aliphatic heterocycles. The van der Waals surface area contributed by atoms with Crippen LogP contribution in [0.5, 0.6) is 0 Å². The molecule has 38 heavy (non-hydrogen) atoms. The van der Waals surface area contributed by atoms with Crippen molar-refractivity contribution in [3.05, 3.63) is 62.9 Å². The van der Waals surface area contributed by atoms with Gasteiger partial charge in [-0.1, -0.05) is 25.1 Å². The lowest BCUT2D eigenvalue weighted by molar-refractivity contribution is -0.187. The Morgan fingerprint density at radius 1 is 1.18 bits per heavy atom. The second kappa shape index (κ2) is 9.66. The van der Waals surface area contributed by atoms with Gasteiger partial charge in [0.15, 0.2) is 5.60 Å². The Labute approximate surface area is 222 Å². The normalized spacial score (nSPS) is 17.9. The zero-order chi connectivity index (χ0) is 27.4. The molecule has 0 unspecified atom stereocenters. The van der Waals surface area contributed by atoms with Crippen molar-refractivity contribution in [1.29, 1.82) is 0 Å². The van der Waals surface area contributed by atoms with Crippen LogP contribution in [0, 0.1) is 0 Å². The van der Waals surface area contributed by atoms with Crippen LogP contribution < -0.4 is 5.56 Å². The number of para-hydroxylation sites is 1. The van der Waals surface area contributed by atoms with E-state index < -0.39 is 11.6 Å². The zero-order valence-corrected chi connectivity index (χ0v) is 23.0. The summed E-state index contributed by atoms with van der Waals surface area (Å²) < 4.78 is 13.4. The maximum atomic E-state index is 13.9. The van der Waals surface area contributed by atoms with Crippen LogP contribution in [-0.4, -0.2) is 45.0 Å². The molecule has 0 N–H and O–H groups in total. The predicted octanol–water partition coefficient (Wildman–Crippen LogP) is 4.31. The van der Waals surface area contributed by atoms with E-state index in [-0.39, 0.29) is 30.2 Å². The molecule has 200 valence electrons. The van der Waals surface area contributed by atoms with Crippen LogP contribution in [0.2, 0.25) is 0 Å². The number of cyclic esters (lactones) is 1. The molecule has 2 aliphatic rings. The quantitative estimate of drug-likeness (QED) is 0.339. The number of fused-ring (bicyclic) bond motifs is 5. The first-order valence-electron chi connectivity index (χ1n) is 13.4. The average molecular weight is 518 g/mol. The van der Waals surface area contributed by atoms with Crippen LogP contribution in [0.3, 0.4) is 0 Å². The highest BCUT2D eigenvalue weighted by Gasteiger charge is 2.48. The Bertz CT molecular complexity index is 1510. The number of benzene rings is 1. The minimum atomic E-state index is -1.34. The van der Waals surface area contributed by atoms with Gasteiger partial charge in [0.2, 0.25) is 5.91 Å². The predicted molar refractivity (Wildman–Crippen MR) is 145 cm³/mol. The maximum Gasteiger partial charge on any atom is 0.343 e. The van der Waals surface area contributed by atoms with Crippen LogP contribution in [0.25, 0.3) is 22.3 Å². The molecular formula is C30H35N3O5. The lowest BCUT2D eigenvalue weighted by Gasteiger charge is -2.37. The van der Waals surface area contributed by atoms with Gasteiger partial charge in [0.1, 0.15) is 6.61 Å².